The largest absolute Gasteiger partial charge is 0.611 e. The summed E-state index contributed by atoms with van der Waals surface area (Å²) >= 11 is -2.48. The van der Waals surface area contributed by atoms with Crippen LogP contribution in [0.4, 0.5) is 17.6 Å². The Morgan fingerprint density at radius 1 is 1.27 bits per heavy atom. The second-order valence-electron chi connectivity index (χ2n) is 5.51. The highest BCUT2D eigenvalue weighted by atomic mass is 32.2. The molecule has 142 valence electrons. The molecule has 0 amide bonds. The Bertz CT molecular complexity index is 953. The molecule has 0 saturated carbocycles. The van der Waals surface area contributed by atoms with Crippen molar-refractivity contribution in [2.24, 2.45) is 7.05 Å². The molecule has 0 aliphatic heterocycles. The second-order valence-corrected chi connectivity index (χ2v) is 6.93. The minimum atomic E-state index is -4.67. The molecule has 2 aromatic rings. The van der Waals surface area contributed by atoms with Crippen LogP contribution in [0.25, 0.3) is 11.3 Å². The summed E-state index contributed by atoms with van der Waals surface area (Å²) in [6.45, 7) is 2.85. The van der Waals surface area contributed by atoms with Crippen molar-refractivity contribution in [1.29, 1.82) is 0 Å². The molecule has 0 aliphatic carbocycles. The van der Waals surface area contributed by atoms with E-state index in [0.717, 1.165) is 21.4 Å². The van der Waals surface area contributed by atoms with Gasteiger partial charge in [0, 0.05) is 30.8 Å². The van der Waals surface area contributed by atoms with Gasteiger partial charge in [0.05, 0.1) is 0 Å². The zero-order valence-electron chi connectivity index (χ0n) is 14.1. The normalized spacial score (nSPS) is 13.1. The zero-order valence-corrected chi connectivity index (χ0v) is 14.9. The maximum Gasteiger partial charge on any atom is 0.433 e. The monoisotopic (exact) mass is 393 g/mol. The lowest BCUT2D eigenvalue weighted by atomic mass is 10.1. The summed E-state index contributed by atoms with van der Waals surface area (Å²) in [5.41, 5.74) is -2.41. The number of benzene rings is 1. The van der Waals surface area contributed by atoms with Gasteiger partial charge in [-0.3, -0.25) is 9.36 Å². The van der Waals surface area contributed by atoms with E-state index < -0.39 is 51.4 Å². The van der Waals surface area contributed by atoms with Crippen LogP contribution in [0, 0.1) is 12.7 Å². The number of halogens is 4. The Morgan fingerprint density at radius 3 is 2.42 bits per heavy atom. The maximum absolute atomic E-state index is 14.4. The van der Waals surface area contributed by atoms with E-state index in [9.17, 15) is 31.7 Å². The molecule has 1 atom stereocenters. The van der Waals surface area contributed by atoms with Crippen LogP contribution in [0.15, 0.2) is 26.6 Å². The molecule has 1 aromatic heterocycles. The molecule has 1 heterocycles. The van der Waals surface area contributed by atoms with E-state index in [2.05, 4.69) is 5.10 Å². The van der Waals surface area contributed by atoms with Crippen molar-refractivity contribution in [3.63, 3.8) is 0 Å². The highest BCUT2D eigenvalue weighted by Gasteiger charge is 2.36. The molecular formula is C15H15F4N3O3S. The predicted octanol–water partition coefficient (Wildman–Crippen LogP) is 1.75. The molecule has 1 aromatic carbocycles. The van der Waals surface area contributed by atoms with Crippen LogP contribution in [-0.2, 0) is 24.8 Å². The van der Waals surface area contributed by atoms with Gasteiger partial charge < -0.3 is 4.55 Å². The Balaban J connectivity index is 2.69. The lowest BCUT2D eigenvalue weighted by Crippen LogP contribution is -2.41. The van der Waals surface area contributed by atoms with Gasteiger partial charge >= 0.3 is 11.9 Å². The molecule has 2 rings (SSSR count). The Morgan fingerprint density at radius 2 is 1.88 bits per heavy atom. The third-order valence-electron chi connectivity index (χ3n) is 3.58. The molecule has 0 bridgehead atoms. The summed E-state index contributed by atoms with van der Waals surface area (Å²) in [5, 5.41) is 3.73. The quantitative estimate of drug-likeness (QED) is 0.586. The first-order valence-electron chi connectivity index (χ1n) is 7.40. The van der Waals surface area contributed by atoms with Gasteiger partial charge in [0.15, 0.2) is 10.6 Å². The summed E-state index contributed by atoms with van der Waals surface area (Å²) in [6.07, 6.45) is -4.67. The summed E-state index contributed by atoms with van der Waals surface area (Å²) in [4.78, 5) is 24.0. The van der Waals surface area contributed by atoms with Gasteiger partial charge in [-0.2, -0.15) is 18.3 Å². The van der Waals surface area contributed by atoms with Gasteiger partial charge in [-0.15, -0.1) is 0 Å². The van der Waals surface area contributed by atoms with Crippen molar-refractivity contribution >= 4 is 11.2 Å². The van der Waals surface area contributed by atoms with Crippen molar-refractivity contribution in [1.82, 2.24) is 14.3 Å². The fourth-order valence-electron chi connectivity index (χ4n) is 2.38. The molecule has 0 aliphatic rings. The van der Waals surface area contributed by atoms with Crippen molar-refractivity contribution in [2.75, 3.05) is 5.75 Å². The van der Waals surface area contributed by atoms with Crippen LogP contribution in [0.3, 0.4) is 0 Å². The summed E-state index contributed by atoms with van der Waals surface area (Å²) in [6, 6.07) is 1.81. The molecule has 11 heteroatoms. The van der Waals surface area contributed by atoms with Crippen LogP contribution >= 0.6 is 0 Å². The molecule has 0 N–H and O–H groups in total. The highest BCUT2D eigenvalue weighted by molar-refractivity contribution is 7.91. The van der Waals surface area contributed by atoms with Gasteiger partial charge in [0.25, 0.3) is 5.56 Å². The van der Waals surface area contributed by atoms with Gasteiger partial charge in [0.2, 0.25) is 5.75 Å². The van der Waals surface area contributed by atoms with Gasteiger partial charge in [-0.1, -0.05) is 0 Å². The molecule has 0 spiro atoms. The summed E-state index contributed by atoms with van der Waals surface area (Å²) in [5.74, 6) is -2.51. The molecule has 0 saturated heterocycles. The zero-order chi connectivity index (χ0) is 19.8. The Hall–Kier alpha value is -2.14. The SMILES string of the molecule is CCn1c(=O)c(-c2cc([S+]([O-])CC(F)(F)F)c(C)cc2F)nn(C)c1=O. The number of alkyl halides is 3. The fraction of sp³-hybridized carbons (Fsp3) is 0.400. The van der Waals surface area contributed by atoms with Crippen molar-refractivity contribution < 1.29 is 22.1 Å². The summed E-state index contributed by atoms with van der Waals surface area (Å²) < 4.78 is 65.6. The van der Waals surface area contributed by atoms with E-state index in [1.807, 2.05) is 0 Å². The number of aryl methyl sites for hydroxylation is 2. The molecule has 1 unspecified atom stereocenters. The Labute approximate surface area is 148 Å². The lowest BCUT2D eigenvalue weighted by Gasteiger charge is -2.16. The minimum Gasteiger partial charge on any atom is -0.611 e. The van der Waals surface area contributed by atoms with Crippen LogP contribution < -0.4 is 11.2 Å². The highest BCUT2D eigenvalue weighted by Crippen LogP contribution is 2.29. The van der Waals surface area contributed by atoms with E-state index in [1.54, 1.807) is 0 Å². The van der Waals surface area contributed by atoms with Gasteiger partial charge in [-0.05, 0) is 31.1 Å². The van der Waals surface area contributed by atoms with E-state index in [4.69, 9.17) is 0 Å². The second kappa shape index (κ2) is 7.23. The topological polar surface area (TPSA) is 80.0 Å². The van der Waals surface area contributed by atoms with Crippen LogP contribution in [-0.4, -0.2) is 30.8 Å². The van der Waals surface area contributed by atoms with Gasteiger partial charge in [-0.25, -0.2) is 13.9 Å². The van der Waals surface area contributed by atoms with Crippen LogP contribution in [0.1, 0.15) is 12.5 Å². The molecule has 0 fully saturated rings. The number of hydrogen-bond acceptors (Lipinski definition) is 4. The molecule has 0 radical (unpaired) electrons. The number of nitrogens with zero attached hydrogens (tertiary/aromatic N) is 3. The number of rotatable bonds is 4. The molecule has 6 nitrogen and oxygen atoms in total. The van der Waals surface area contributed by atoms with Gasteiger partial charge in [0.1, 0.15) is 5.82 Å². The van der Waals surface area contributed by atoms with Crippen molar-refractivity contribution in [2.45, 2.75) is 31.5 Å². The summed E-state index contributed by atoms with van der Waals surface area (Å²) in [7, 11) is 1.26. The van der Waals surface area contributed by atoms with E-state index >= 15 is 0 Å². The standard InChI is InChI=1S/C15H15F4N3O3S/c1-4-22-13(23)12(20-21(3)14(22)24)9-6-11(8(2)5-10(9)16)26(25)7-15(17,18)19/h5-6H,4,7H2,1-3H3. The average molecular weight is 393 g/mol. The predicted molar refractivity (Wildman–Crippen MR) is 86.9 cm³/mol. The maximum atomic E-state index is 14.4. The Kier molecular flexibility index (Phi) is 5.61. The third kappa shape index (κ3) is 3.98. The fourth-order valence-corrected chi connectivity index (χ4v) is 3.50. The van der Waals surface area contributed by atoms with E-state index in [1.165, 1.54) is 20.9 Å². The van der Waals surface area contributed by atoms with E-state index in [0.29, 0.717) is 0 Å². The van der Waals surface area contributed by atoms with Crippen LogP contribution in [0.5, 0.6) is 0 Å². The van der Waals surface area contributed by atoms with E-state index in [-0.39, 0.29) is 17.0 Å². The third-order valence-corrected chi connectivity index (χ3v) is 5.10. The first-order valence-corrected chi connectivity index (χ1v) is 8.72. The number of aromatic nitrogens is 3. The lowest BCUT2D eigenvalue weighted by molar-refractivity contribution is -0.106. The van der Waals surface area contributed by atoms with Crippen molar-refractivity contribution in [3.8, 4) is 11.3 Å². The first kappa shape index (κ1) is 20.2. The first-order chi connectivity index (χ1) is 12.0. The molecule has 26 heavy (non-hydrogen) atoms. The minimum absolute atomic E-state index is 0.00136. The molecular weight excluding hydrogens is 378 g/mol. The van der Waals surface area contributed by atoms with Crippen LogP contribution in [0.2, 0.25) is 0 Å². The number of hydrogen-bond donors (Lipinski definition) is 0. The smallest absolute Gasteiger partial charge is 0.433 e. The average Bonchev–Trinajstić information content (AvgIpc) is 2.50. The van der Waals surface area contributed by atoms with Crippen molar-refractivity contribution in [3.05, 3.63) is 44.4 Å².